The van der Waals surface area contributed by atoms with E-state index in [1.54, 1.807) is 6.92 Å². The molecule has 1 aliphatic rings. The molecule has 6 nitrogen and oxygen atoms in total. The standard InChI is InChI=1S/C9H11N5OS/c1-5-10-7(13-15-5)4-14-8(6-2-3-6)11-12-9(14)16/h6H,2-4H2,1H3,(H,12,16). The number of hydrogen-bond donors (Lipinski definition) is 1. The van der Waals surface area contributed by atoms with Crippen LogP contribution >= 0.6 is 12.2 Å². The Hall–Kier alpha value is -1.50. The lowest BCUT2D eigenvalue weighted by Crippen LogP contribution is -2.05. The van der Waals surface area contributed by atoms with E-state index in [4.69, 9.17) is 16.7 Å². The highest BCUT2D eigenvalue weighted by molar-refractivity contribution is 7.71. The Morgan fingerprint density at radius 1 is 1.56 bits per heavy atom. The molecule has 0 radical (unpaired) electrons. The third-order valence-corrected chi connectivity index (χ3v) is 2.91. The van der Waals surface area contributed by atoms with E-state index in [-0.39, 0.29) is 0 Å². The van der Waals surface area contributed by atoms with Crippen molar-refractivity contribution < 1.29 is 4.52 Å². The molecule has 84 valence electrons. The molecule has 0 aliphatic heterocycles. The van der Waals surface area contributed by atoms with Gasteiger partial charge in [-0.3, -0.25) is 9.67 Å². The van der Waals surface area contributed by atoms with Crippen molar-refractivity contribution in [2.75, 3.05) is 0 Å². The fourth-order valence-electron chi connectivity index (χ4n) is 1.68. The second-order valence-corrected chi connectivity index (χ2v) is 4.36. The number of nitrogens with zero attached hydrogens (tertiary/aromatic N) is 4. The number of H-pyrrole nitrogens is 1. The Bertz CT molecular complexity index is 564. The van der Waals surface area contributed by atoms with E-state index in [1.165, 1.54) is 12.8 Å². The minimum Gasteiger partial charge on any atom is -0.340 e. The summed E-state index contributed by atoms with van der Waals surface area (Å²) in [6, 6.07) is 0. The van der Waals surface area contributed by atoms with E-state index in [2.05, 4.69) is 20.3 Å². The highest BCUT2D eigenvalue weighted by Gasteiger charge is 2.29. The van der Waals surface area contributed by atoms with Crippen LogP contribution in [0.1, 0.15) is 36.3 Å². The first-order valence-electron chi connectivity index (χ1n) is 5.18. The van der Waals surface area contributed by atoms with Gasteiger partial charge < -0.3 is 4.52 Å². The van der Waals surface area contributed by atoms with Crippen LogP contribution in [0.5, 0.6) is 0 Å². The van der Waals surface area contributed by atoms with E-state index in [0.717, 1.165) is 5.82 Å². The molecule has 7 heteroatoms. The zero-order valence-corrected chi connectivity index (χ0v) is 9.62. The lowest BCUT2D eigenvalue weighted by Gasteiger charge is -2.01. The summed E-state index contributed by atoms with van der Waals surface area (Å²) >= 11 is 5.18. The van der Waals surface area contributed by atoms with Crippen LogP contribution in [0.3, 0.4) is 0 Å². The molecule has 2 aromatic rings. The average Bonchev–Trinajstić information content (AvgIpc) is 2.93. The molecule has 1 aliphatic carbocycles. The van der Waals surface area contributed by atoms with E-state index in [1.807, 2.05) is 4.57 Å². The fourth-order valence-corrected chi connectivity index (χ4v) is 1.89. The Labute approximate surface area is 96.7 Å². The number of aromatic nitrogens is 5. The van der Waals surface area contributed by atoms with Gasteiger partial charge in [0, 0.05) is 12.8 Å². The Kier molecular flexibility index (Phi) is 2.13. The van der Waals surface area contributed by atoms with Crippen LogP contribution in [0.25, 0.3) is 0 Å². The molecule has 0 atom stereocenters. The first-order valence-corrected chi connectivity index (χ1v) is 5.59. The van der Waals surface area contributed by atoms with Gasteiger partial charge in [-0.15, -0.1) is 0 Å². The first kappa shape index (κ1) is 9.71. The van der Waals surface area contributed by atoms with Gasteiger partial charge in [-0.05, 0) is 25.1 Å². The molecule has 0 saturated heterocycles. The second-order valence-electron chi connectivity index (χ2n) is 3.98. The minimum absolute atomic E-state index is 0.526. The molecule has 1 fully saturated rings. The van der Waals surface area contributed by atoms with Crippen molar-refractivity contribution in [3.05, 3.63) is 22.3 Å². The number of hydrogen-bond acceptors (Lipinski definition) is 5. The molecule has 1 N–H and O–H groups in total. The van der Waals surface area contributed by atoms with Crippen LogP contribution in [0.15, 0.2) is 4.52 Å². The third-order valence-electron chi connectivity index (χ3n) is 2.60. The third kappa shape index (κ3) is 1.67. The van der Waals surface area contributed by atoms with Crippen molar-refractivity contribution in [2.24, 2.45) is 0 Å². The van der Waals surface area contributed by atoms with E-state index in [0.29, 0.717) is 28.9 Å². The van der Waals surface area contributed by atoms with Crippen molar-refractivity contribution in [2.45, 2.75) is 32.2 Å². The molecule has 0 spiro atoms. The van der Waals surface area contributed by atoms with Crippen LogP contribution < -0.4 is 0 Å². The van der Waals surface area contributed by atoms with E-state index in [9.17, 15) is 0 Å². The maximum absolute atomic E-state index is 5.18. The molecule has 0 aromatic carbocycles. The van der Waals surface area contributed by atoms with Gasteiger partial charge in [-0.2, -0.15) is 10.1 Å². The molecular formula is C9H11N5OS. The topological polar surface area (TPSA) is 72.5 Å². The van der Waals surface area contributed by atoms with Crippen molar-refractivity contribution in [1.82, 2.24) is 24.9 Å². The number of aryl methyl sites for hydroxylation is 1. The predicted octanol–water partition coefficient (Wildman–Crippen LogP) is 1.56. The van der Waals surface area contributed by atoms with Crippen molar-refractivity contribution in [1.29, 1.82) is 0 Å². The van der Waals surface area contributed by atoms with Crippen LogP contribution in [0.4, 0.5) is 0 Å². The molecule has 2 heterocycles. The Morgan fingerprint density at radius 2 is 2.38 bits per heavy atom. The van der Waals surface area contributed by atoms with E-state index < -0.39 is 0 Å². The van der Waals surface area contributed by atoms with Crippen LogP contribution in [-0.4, -0.2) is 24.9 Å². The molecule has 0 amide bonds. The van der Waals surface area contributed by atoms with Crippen molar-refractivity contribution in [3.8, 4) is 0 Å². The number of aromatic amines is 1. The number of nitrogens with one attached hydrogen (secondary N) is 1. The lowest BCUT2D eigenvalue weighted by atomic mass is 10.4. The van der Waals surface area contributed by atoms with Gasteiger partial charge in [0.15, 0.2) is 10.6 Å². The zero-order chi connectivity index (χ0) is 11.1. The highest BCUT2D eigenvalue weighted by atomic mass is 32.1. The summed E-state index contributed by atoms with van der Waals surface area (Å²) in [6.45, 7) is 2.30. The quantitative estimate of drug-likeness (QED) is 0.820. The number of rotatable bonds is 3. The maximum atomic E-state index is 5.18. The van der Waals surface area contributed by atoms with Gasteiger partial charge >= 0.3 is 0 Å². The summed E-state index contributed by atoms with van der Waals surface area (Å²) in [4.78, 5) is 4.16. The highest BCUT2D eigenvalue weighted by Crippen LogP contribution is 2.38. The molecule has 2 aromatic heterocycles. The van der Waals surface area contributed by atoms with Gasteiger partial charge in [0.25, 0.3) is 0 Å². The monoisotopic (exact) mass is 237 g/mol. The van der Waals surface area contributed by atoms with Crippen LogP contribution in [-0.2, 0) is 6.54 Å². The molecule has 16 heavy (non-hydrogen) atoms. The predicted molar refractivity (Wildman–Crippen MR) is 57.5 cm³/mol. The van der Waals surface area contributed by atoms with E-state index >= 15 is 0 Å². The Balaban J connectivity index is 1.93. The van der Waals surface area contributed by atoms with Gasteiger partial charge in [-0.1, -0.05) is 5.16 Å². The Morgan fingerprint density at radius 3 is 3.00 bits per heavy atom. The molecule has 1 saturated carbocycles. The molecular weight excluding hydrogens is 226 g/mol. The molecule has 0 bridgehead atoms. The largest absolute Gasteiger partial charge is 0.340 e. The molecule has 0 unspecified atom stereocenters. The van der Waals surface area contributed by atoms with Crippen LogP contribution in [0, 0.1) is 11.7 Å². The van der Waals surface area contributed by atoms with Crippen LogP contribution in [0.2, 0.25) is 0 Å². The maximum Gasteiger partial charge on any atom is 0.223 e. The van der Waals surface area contributed by atoms with Gasteiger partial charge in [-0.25, -0.2) is 0 Å². The summed E-state index contributed by atoms with van der Waals surface area (Å²) in [5, 5.41) is 10.9. The smallest absolute Gasteiger partial charge is 0.223 e. The summed E-state index contributed by atoms with van der Waals surface area (Å²) < 4.78 is 7.49. The summed E-state index contributed by atoms with van der Waals surface area (Å²) in [5.74, 6) is 2.75. The SMILES string of the molecule is Cc1nc(Cn2c(C3CC3)n[nH]c2=S)no1. The van der Waals surface area contributed by atoms with Crippen molar-refractivity contribution in [3.63, 3.8) is 0 Å². The normalized spacial score (nSPS) is 15.6. The van der Waals surface area contributed by atoms with Crippen molar-refractivity contribution >= 4 is 12.2 Å². The average molecular weight is 237 g/mol. The zero-order valence-electron chi connectivity index (χ0n) is 8.80. The summed E-state index contributed by atoms with van der Waals surface area (Å²) in [5.41, 5.74) is 0. The van der Waals surface area contributed by atoms with Gasteiger partial charge in [0.1, 0.15) is 5.82 Å². The summed E-state index contributed by atoms with van der Waals surface area (Å²) in [6.07, 6.45) is 2.37. The first-order chi connectivity index (χ1) is 7.74. The minimum atomic E-state index is 0.526. The van der Waals surface area contributed by atoms with Gasteiger partial charge in [0.2, 0.25) is 5.89 Å². The fraction of sp³-hybridized carbons (Fsp3) is 0.556. The van der Waals surface area contributed by atoms with Gasteiger partial charge in [0.05, 0.1) is 6.54 Å². The molecule has 3 rings (SSSR count). The lowest BCUT2D eigenvalue weighted by molar-refractivity contribution is 0.385. The summed E-state index contributed by atoms with van der Waals surface area (Å²) in [7, 11) is 0. The second kappa shape index (κ2) is 3.51.